The van der Waals surface area contributed by atoms with Crippen LogP contribution in [0.5, 0.6) is 0 Å². The van der Waals surface area contributed by atoms with Crippen LogP contribution in [0.2, 0.25) is 10.0 Å². The van der Waals surface area contributed by atoms with E-state index >= 15 is 0 Å². The summed E-state index contributed by atoms with van der Waals surface area (Å²) in [4.78, 5) is 36.5. The molecule has 3 aromatic rings. The highest BCUT2D eigenvalue weighted by Gasteiger charge is 2.13. The highest BCUT2D eigenvalue weighted by atomic mass is 35.5. The molecule has 0 radical (unpaired) electrons. The molecule has 11 heteroatoms. The second-order valence-corrected chi connectivity index (χ2v) is 6.05. The average Bonchev–Trinajstić information content (AvgIpc) is 2.72. The molecule has 28 heavy (non-hydrogen) atoms. The number of hydrazine groups is 2. The van der Waals surface area contributed by atoms with Gasteiger partial charge in [0.15, 0.2) is 11.6 Å². The monoisotopic (exact) mass is 417 g/mol. The number of hydrogen-bond donors (Lipinski definition) is 4. The predicted octanol–water partition coefficient (Wildman–Crippen LogP) is 2.69. The van der Waals surface area contributed by atoms with Crippen LogP contribution in [0.3, 0.4) is 0 Å². The van der Waals surface area contributed by atoms with Crippen LogP contribution in [0.1, 0.15) is 21.0 Å². The van der Waals surface area contributed by atoms with Crippen molar-refractivity contribution < 1.29 is 9.59 Å². The van der Waals surface area contributed by atoms with Crippen molar-refractivity contribution in [3.8, 4) is 0 Å². The van der Waals surface area contributed by atoms with E-state index in [9.17, 15) is 9.59 Å². The molecule has 0 saturated carbocycles. The molecule has 0 fully saturated rings. The maximum Gasteiger partial charge on any atom is 0.288 e. The second kappa shape index (κ2) is 8.98. The number of amides is 2. The maximum absolute atomic E-state index is 12.2. The summed E-state index contributed by atoms with van der Waals surface area (Å²) in [6, 6.07) is 11.0. The van der Waals surface area contributed by atoms with Crippen molar-refractivity contribution in [1.82, 2.24) is 25.8 Å². The number of halogens is 2. The van der Waals surface area contributed by atoms with Crippen LogP contribution in [0, 0.1) is 0 Å². The zero-order valence-electron chi connectivity index (χ0n) is 14.1. The first-order valence-corrected chi connectivity index (χ1v) is 8.61. The zero-order valence-corrected chi connectivity index (χ0v) is 15.6. The number of anilines is 2. The molecule has 142 valence electrons. The van der Waals surface area contributed by atoms with E-state index in [4.69, 9.17) is 23.2 Å². The number of rotatable bonds is 6. The standard InChI is InChI=1S/C17H13Cl2N7O2/c18-10-4-2-8-20-14(10)23-25-16(27)12-6-1-7-13(22-12)17(28)26-24-15-11(19)5-3-9-21-15/h1-9H,(H,20,23)(H,21,24)(H,25,27)(H,26,28). The van der Waals surface area contributed by atoms with Gasteiger partial charge >= 0.3 is 0 Å². The van der Waals surface area contributed by atoms with Gasteiger partial charge in [-0.25, -0.2) is 15.0 Å². The van der Waals surface area contributed by atoms with E-state index in [2.05, 4.69) is 36.7 Å². The van der Waals surface area contributed by atoms with Gasteiger partial charge in [0.25, 0.3) is 11.8 Å². The van der Waals surface area contributed by atoms with Gasteiger partial charge in [0.05, 0.1) is 10.0 Å². The maximum atomic E-state index is 12.2. The Morgan fingerprint density at radius 2 is 1.18 bits per heavy atom. The third-order valence-electron chi connectivity index (χ3n) is 3.32. The van der Waals surface area contributed by atoms with Crippen LogP contribution >= 0.6 is 23.2 Å². The van der Waals surface area contributed by atoms with Crippen LogP contribution < -0.4 is 21.7 Å². The first-order chi connectivity index (χ1) is 13.5. The van der Waals surface area contributed by atoms with Crippen molar-refractivity contribution in [3.05, 3.63) is 76.3 Å². The van der Waals surface area contributed by atoms with E-state index in [1.807, 2.05) is 0 Å². The van der Waals surface area contributed by atoms with E-state index in [-0.39, 0.29) is 23.0 Å². The molecule has 0 bridgehead atoms. The van der Waals surface area contributed by atoms with Gasteiger partial charge in [0, 0.05) is 12.4 Å². The molecule has 4 N–H and O–H groups in total. The van der Waals surface area contributed by atoms with Crippen molar-refractivity contribution in [2.75, 3.05) is 10.9 Å². The fraction of sp³-hybridized carbons (Fsp3) is 0. The summed E-state index contributed by atoms with van der Waals surface area (Å²) in [7, 11) is 0. The van der Waals surface area contributed by atoms with E-state index in [0.717, 1.165) is 0 Å². The SMILES string of the molecule is O=C(NNc1ncccc1Cl)c1cccc(C(=O)NNc2ncccc2Cl)n1. The number of aromatic nitrogens is 3. The summed E-state index contributed by atoms with van der Waals surface area (Å²) in [6.45, 7) is 0. The van der Waals surface area contributed by atoms with Gasteiger partial charge in [-0.15, -0.1) is 0 Å². The number of nitrogens with zero attached hydrogens (tertiary/aromatic N) is 3. The van der Waals surface area contributed by atoms with Crippen molar-refractivity contribution in [2.24, 2.45) is 0 Å². The second-order valence-electron chi connectivity index (χ2n) is 5.23. The first kappa shape index (κ1) is 19.3. The van der Waals surface area contributed by atoms with Crippen molar-refractivity contribution in [1.29, 1.82) is 0 Å². The molecule has 0 atom stereocenters. The summed E-state index contributed by atoms with van der Waals surface area (Å²) < 4.78 is 0. The number of pyridine rings is 3. The Balaban J connectivity index is 1.62. The molecule has 0 saturated heterocycles. The average molecular weight is 418 g/mol. The lowest BCUT2D eigenvalue weighted by atomic mass is 10.3. The largest absolute Gasteiger partial charge is 0.288 e. The lowest BCUT2D eigenvalue weighted by molar-refractivity contribution is 0.0953. The van der Waals surface area contributed by atoms with E-state index in [1.54, 1.807) is 24.3 Å². The number of nitrogens with one attached hydrogen (secondary N) is 4. The summed E-state index contributed by atoms with van der Waals surface area (Å²) in [5.74, 6) is -0.583. The molecule has 0 aliphatic rings. The summed E-state index contributed by atoms with van der Waals surface area (Å²) in [6.07, 6.45) is 3.04. The highest BCUT2D eigenvalue weighted by molar-refractivity contribution is 6.33. The number of carbonyl (C=O) groups is 2. The molecule has 0 unspecified atom stereocenters. The van der Waals surface area contributed by atoms with Crippen molar-refractivity contribution in [2.45, 2.75) is 0 Å². The van der Waals surface area contributed by atoms with Gasteiger partial charge in [-0.2, -0.15) is 0 Å². The fourth-order valence-corrected chi connectivity index (χ4v) is 2.34. The van der Waals surface area contributed by atoms with Gasteiger partial charge in [0.2, 0.25) is 0 Å². The van der Waals surface area contributed by atoms with Crippen LogP contribution in [-0.2, 0) is 0 Å². The molecule has 3 heterocycles. The van der Waals surface area contributed by atoms with Crippen molar-refractivity contribution in [3.63, 3.8) is 0 Å². The molecule has 3 rings (SSSR count). The Labute approximate surface area is 169 Å². The Morgan fingerprint density at radius 3 is 1.61 bits per heavy atom. The lowest BCUT2D eigenvalue weighted by Crippen LogP contribution is -2.33. The smallest absolute Gasteiger partial charge is 0.280 e. The van der Waals surface area contributed by atoms with E-state index in [1.165, 1.54) is 30.6 Å². The Morgan fingerprint density at radius 1 is 0.714 bits per heavy atom. The minimum Gasteiger partial charge on any atom is -0.280 e. The third-order valence-corrected chi connectivity index (χ3v) is 3.93. The van der Waals surface area contributed by atoms with Crippen LogP contribution in [0.25, 0.3) is 0 Å². The van der Waals surface area contributed by atoms with E-state index < -0.39 is 11.8 Å². The lowest BCUT2D eigenvalue weighted by Gasteiger charge is -2.10. The van der Waals surface area contributed by atoms with Crippen LogP contribution in [0.15, 0.2) is 54.9 Å². The summed E-state index contributed by atoms with van der Waals surface area (Å²) in [5.41, 5.74) is 10.1. The predicted molar refractivity (Wildman–Crippen MR) is 105 cm³/mol. The fourth-order valence-electron chi connectivity index (χ4n) is 2.00. The quantitative estimate of drug-likeness (QED) is 0.454. The number of hydrogen-bond acceptors (Lipinski definition) is 7. The summed E-state index contributed by atoms with van der Waals surface area (Å²) >= 11 is 11.9. The molecule has 9 nitrogen and oxygen atoms in total. The van der Waals surface area contributed by atoms with E-state index in [0.29, 0.717) is 10.0 Å². The van der Waals surface area contributed by atoms with Gasteiger partial charge < -0.3 is 0 Å². The molecule has 0 aliphatic heterocycles. The van der Waals surface area contributed by atoms with Crippen LogP contribution in [0.4, 0.5) is 11.6 Å². The van der Waals surface area contributed by atoms with Crippen LogP contribution in [-0.4, -0.2) is 26.8 Å². The molecule has 0 aromatic carbocycles. The Bertz CT molecular complexity index is 939. The van der Waals surface area contributed by atoms with Gasteiger partial charge in [0.1, 0.15) is 11.4 Å². The van der Waals surface area contributed by atoms with Gasteiger partial charge in [-0.3, -0.25) is 31.3 Å². The Kier molecular flexibility index (Phi) is 6.20. The highest BCUT2D eigenvalue weighted by Crippen LogP contribution is 2.17. The summed E-state index contributed by atoms with van der Waals surface area (Å²) in [5, 5.41) is 0.672. The minimum absolute atomic E-state index is 0.0167. The molecule has 0 spiro atoms. The third kappa shape index (κ3) is 4.84. The zero-order chi connectivity index (χ0) is 19.9. The number of carbonyl (C=O) groups excluding carboxylic acids is 2. The van der Waals surface area contributed by atoms with Gasteiger partial charge in [-0.1, -0.05) is 29.3 Å². The molecule has 0 aliphatic carbocycles. The molecular weight excluding hydrogens is 405 g/mol. The minimum atomic E-state index is -0.572. The Hall–Kier alpha value is -3.43. The normalized spacial score (nSPS) is 10.1. The van der Waals surface area contributed by atoms with Crippen molar-refractivity contribution >= 4 is 46.7 Å². The topological polar surface area (TPSA) is 121 Å². The van der Waals surface area contributed by atoms with Gasteiger partial charge in [-0.05, 0) is 36.4 Å². The molecule has 3 aromatic heterocycles. The molecule has 2 amide bonds. The molecular formula is C17H13Cl2N7O2. The first-order valence-electron chi connectivity index (χ1n) is 7.85.